The van der Waals surface area contributed by atoms with Gasteiger partial charge < -0.3 is 20.1 Å². The van der Waals surface area contributed by atoms with E-state index in [-0.39, 0.29) is 18.1 Å². The van der Waals surface area contributed by atoms with Crippen LogP contribution >= 0.6 is 0 Å². The van der Waals surface area contributed by atoms with Crippen LogP contribution in [-0.4, -0.2) is 31.3 Å². The maximum absolute atomic E-state index is 10.1. The minimum Gasteiger partial charge on any atom is -0.498 e. The quantitative estimate of drug-likeness (QED) is 0.809. The molecule has 3 aliphatic rings. The number of hydrogen-bond acceptors (Lipinski definition) is 5. The van der Waals surface area contributed by atoms with Crippen molar-refractivity contribution >= 4 is 11.3 Å². The molecule has 0 bridgehead atoms. The lowest BCUT2D eigenvalue weighted by molar-refractivity contribution is 0.108. The molecular weight excluding hydrogens is 350 g/mol. The monoisotopic (exact) mass is 375 g/mol. The summed E-state index contributed by atoms with van der Waals surface area (Å²) >= 11 is 0. The van der Waals surface area contributed by atoms with Gasteiger partial charge in [0.1, 0.15) is 17.8 Å². The highest BCUT2D eigenvalue weighted by Crippen LogP contribution is 2.50. The number of nitrogen functional groups attached to an aromatic ring is 1. The SMILES string of the molecule is COC1=CC2=C3C(C#N)C(c4ccc(N)cc4)=C(C)N3C(C)CC2=CC1OC. The molecule has 0 spiro atoms. The summed E-state index contributed by atoms with van der Waals surface area (Å²) in [5.74, 6) is 0.428. The lowest BCUT2D eigenvalue weighted by Crippen LogP contribution is -2.36. The summed E-state index contributed by atoms with van der Waals surface area (Å²) in [7, 11) is 3.34. The molecule has 3 unspecified atom stereocenters. The van der Waals surface area contributed by atoms with Gasteiger partial charge in [-0.05, 0) is 55.7 Å². The van der Waals surface area contributed by atoms with Gasteiger partial charge in [-0.3, -0.25) is 0 Å². The van der Waals surface area contributed by atoms with Crippen molar-refractivity contribution in [2.45, 2.75) is 32.4 Å². The van der Waals surface area contributed by atoms with Gasteiger partial charge in [0, 0.05) is 41.4 Å². The van der Waals surface area contributed by atoms with Crippen molar-refractivity contribution in [3.63, 3.8) is 0 Å². The summed E-state index contributed by atoms with van der Waals surface area (Å²) in [6.07, 6.45) is 4.88. The molecule has 1 aromatic rings. The van der Waals surface area contributed by atoms with Crippen molar-refractivity contribution in [1.29, 1.82) is 5.26 Å². The smallest absolute Gasteiger partial charge is 0.133 e. The Morgan fingerprint density at radius 1 is 1.21 bits per heavy atom. The Balaban J connectivity index is 1.91. The highest BCUT2D eigenvalue weighted by atomic mass is 16.5. The van der Waals surface area contributed by atoms with Gasteiger partial charge in [-0.15, -0.1) is 0 Å². The molecule has 1 aliphatic carbocycles. The van der Waals surface area contributed by atoms with E-state index >= 15 is 0 Å². The number of ether oxygens (including phenoxy) is 2. The van der Waals surface area contributed by atoms with Gasteiger partial charge in [-0.25, -0.2) is 0 Å². The van der Waals surface area contributed by atoms with Crippen LogP contribution in [0.3, 0.4) is 0 Å². The summed E-state index contributed by atoms with van der Waals surface area (Å²) in [6.45, 7) is 4.31. The number of allylic oxidation sites excluding steroid dienone is 4. The number of fused-ring (bicyclic) bond motifs is 2. The van der Waals surface area contributed by atoms with E-state index in [1.54, 1.807) is 14.2 Å². The highest BCUT2D eigenvalue weighted by Gasteiger charge is 2.43. The first-order valence-electron chi connectivity index (χ1n) is 9.49. The Bertz CT molecular complexity index is 976. The third-order valence-corrected chi connectivity index (χ3v) is 5.91. The molecule has 3 atom stereocenters. The van der Waals surface area contributed by atoms with E-state index < -0.39 is 0 Å². The molecule has 2 N–H and O–H groups in total. The summed E-state index contributed by atoms with van der Waals surface area (Å²) in [5, 5.41) is 10.1. The average molecular weight is 375 g/mol. The highest BCUT2D eigenvalue weighted by molar-refractivity contribution is 5.80. The van der Waals surface area contributed by atoms with Gasteiger partial charge in [-0.1, -0.05) is 12.1 Å². The van der Waals surface area contributed by atoms with Crippen LogP contribution in [0.5, 0.6) is 0 Å². The first kappa shape index (κ1) is 18.4. The van der Waals surface area contributed by atoms with Crippen LogP contribution in [-0.2, 0) is 9.47 Å². The van der Waals surface area contributed by atoms with E-state index in [9.17, 15) is 5.26 Å². The molecule has 4 rings (SSSR count). The van der Waals surface area contributed by atoms with Crippen molar-refractivity contribution < 1.29 is 9.47 Å². The van der Waals surface area contributed by atoms with Crippen LogP contribution in [0.4, 0.5) is 5.69 Å². The number of methoxy groups -OCH3 is 2. The minimum absolute atomic E-state index is 0.185. The number of anilines is 1. The number of nitrogens with zero attached hydrogens (tertiary/aromatic N) is 2. The largest absolute Gasteiger partial charge is 0.498 e. The van der Waals surface area contributed by atoms with E-state index in [0.717, 1.165) is 46.0 Å². The number of nitriles is 1. The van der Waals surface area contributed by atoms with E-state index in [1.165, 1.54) is 5.57 Å². The van der Waals surface area contributed by atoms with Crippen molar-refractivity contribution in [2.75, 3.05) is 20.0 Å². The Morgan fingerprint density at radius 3 is 2.54 bits per heavy atom. The predicted octanol–water partition coefficient (Wildman–Crippen LogP) is 3.99. The van der Waals surface area contributed by atoms with Crippen molar-refractivity contribution in [2.24, 2.45) is 5.92 Å². The first-order chi connectivity index (χ1) is 13.5. The number of nitrogens with two attached hydrogens (primary N) is 1. The zero-order valence-electron chi connectivity index (χ0n) is 16.7. The first-order valence-corrected chi connectivity index (χ1v) is 9.49. The molecule has 0 saturated carbocycles. The maximum Gasteiger partial charge on any atom is 0.133 e. The van der Waals surface area contributed by atoms with Crippen molar-refractivity contribution in [3.05, 3.63) is 70.3 Å². The normalized spacial score (nSPS) is 26.4. The summed E-state index contributed by atoms with van der Waals surface area (Å²) < 4.78 is 11.1. The second-order valence-corrected chi connectivity index (χ2v) is 7.50. The zero-order valence-corrected chi connectivity index (χ0v) is 16.7. The van der Waals surface area contributed by atoms with Gasteiger partial charge in [0.25, 0.3) is 0 Å². The molecule has 0 radical (unpaired) electrons. The molecule has 0 fully saturated rings. The van der Waals surface area contributed by atoms with Crippen LogP contribution in [0.1, 0.15) is 25.8 Å². The van der Waals surface area contributed by atoms with Gasteiger partial charge in [0.05, 0.1) is 13.2 Å². The fourth-order valence-electron chi connectivity index (χ4n) is 4.67. The molecule has 1 aromatic carbocycles. The van der Waals surface area contributed by atoms with Crippen LogP contribution in [0.25, 0.3) is 5.57 Å². The second kappa shape index (κ2) is 6.88. The van der Waals surface area contributed by atoms with Crippen LogP contribution in [0.2, 0.25) is 0 Å². The fourth-order valence-corrected chi connectivity index (χ4v) is 4.67. The van der Waals surface area contributed by atoms with E-state index in [0.29, 0.717) is 0 Å². The Labute approximate surface area is 166 Å². The van der Waals surface area contributed by atoms with E-state index in [1.807, 2.05) is 30.3 Å². The number of rotatable bonds is 3. The molecule has 2 heterocycles. The zero-order chi connectivity index (χ0) is 20.0. The molecular formula is C23H25N3O2. The fraction of sp³-hybridized carbons (Fsp3) is 0.348. The standard InChI is InChI=1S/C23H25N3O2/c1-13-9-16-10-20(27-3)21(28-4)11-18(16)23-19(12-24)22(14(2)26(13)23)15-5-7-17(25)8-6-15/h5-8,10-11,13,19-20H,9,25H2,1-4H3. The maximum atomic E-state index is 10.1. The predicted molar refractivity (Wildman–Crippen MR) is 109 cm³/mol. The molecule has 0 aromatic heterocycles. The second-order valence-electron chi connectivity index (χ2n) is 7.50. The molecule has 0 amide bonds. The Hall–Kier alpha value is -2.97. The molecule has 144 valence electrons. The van der Waals surface area contributed by atoms with Crippen LogP contribution in [0, 0.1) is 17.2 Å². The summed E-state index contributed by atoms with van der Waals surface area (Å²) in [6, 6.07) is 10.6. The minimum atomic E-state index is -0.335. The molecule has 2 aliphatic heterocycles. The average Bonchev–Trinajstić information content (AvgIpc) is 3.00. The molecule has 5 heteroatoms. The Kier molecular flexibility index (Phi) is 4.52. The van der Waals surface area contributed by atoms with Gasteiger partial charge in [0.15, 0.2) is 0 Å². The summed E-state index contributed by atoms with van der Waals surface area (Å²) in [4.78, 5) is 2.32. The number of benzene rings is 1. The molecule has 28 heavy (non-hydrogen) atoms. The van der Waals surface area contributed by atoms with Gasteiger partial charge in [0.2, 0.25) is 0 Å². The third kappa shape index (κ3) is 2.64. The molecule has 5 nitrogen and oxygen atoms in total. The summed E-state index contributed by atoms with van der Waals surface area (Å²) in [5.41, 5.74) is 13.2. The van der Waals surface area contributed by atoms with E-state index in [2.05, 4.69) is 30.9 Å². The van der Waals surface area contributed by atoms with Crippen LogP contribution < -0.4 is 5.73 Å². The lowest BCUT2D eigenvalue weighted by atomic mass is 9.83. The molecule has 0 saturated heterocycles. The van der Waals surface area contributed by atoms with Gasteiger partial charge in [-0.2, -0.15) is 5.26 Å². The van der Waals surface area contributed by atoms with Gasteiger partial charge >= 0.3 is 0 Å². The van der Waals surface area contributed by atoms with Crippen molar-refractivity contribution in [1.82, 2.24) is 4.90 Å². The lowest BCUT2D eigenvalue weighted by Gasteiger charge is -2.39. The van der Waals surface area contributed by atoms with Crippen molar-refractivity contribution in [3.8, 4) is 6.07 Å². The topological polar surface area (TPSA) is 71.5 Å². The number of hydrogen-bond donors (Lipinski definition) is 1. The third-order valence-electron chi connectivity index (χ3n) is 5.91. The van der Waals surface area contributed by atoms with E-state index in [4.69, 9.17) is 15.2 Å². The van der Waals surface area contributed by atoms with Crippen LogP contribution in [0.15, 0.2) is 64.7 Å². The Morgan fingerprint density at radius 2 is 1.93 bits per heavy atom.